The van der Waals surface area contributed by atoms with Crippen LogP contribution in [0, 0.1) is 18.6 Å². The monoisotopic (exact) mass is 291 g/mol. The summed E-state index contributed by atoms with van der Waals surface area (Å²) in [5.74, 6) is -2.28. The number of anilines is 1. The number of aryl methyl sites for hydroxylation is 1. The SMILES string of the molecule is Cc1cc(C(=O)Nc2cccc(C(C)O)c2)c(F)cc1F. The van der Waals surface area contributed by atoms with Gasteiger partial charge in [0.25, 0.3) is 5.91 Å². The minimum atomic E-state index is -0.915. The maximum atomic E-state index is 13.7. The Morgan fingerprint density at radius 2 is 1.90 bits per heavy atom. The second kappa shape index (κ2) is 6.01. The van der Waals surface area contributed by atoms with Gasteiger partial charge in [0.1, 0.15) is 11.6 Å². The molecule has 0 radical (unpaired) electrons. The summed E-state index contributed by atoms with van der Waals surface area (Å²) >= 11 is 0. The van der Waals surface area contributed by atoms with Crippen LogP contribution in [0.2, 0.25) is 0 Å². The first-order valence-electron chi connectivity index (χ1n) is 6.43. The largest absolute Gasteiger partial charge is 0.389 e. The van der Waals surface area contributed by atoms with Crippen molar-refractivity contribution in [1.82, 2.24) is 0 Å². The molecule has 1 atom stereocenters. The molecule has 1 unspecified atom stereocenters. The van der Waals surface area contributed by atoms with Crippen molar-refractivity contribution in [3.8, 4) is 0 Å². The fourth-order valence-corrected chi connectivity index (χ4v) is 1.91. The van der Waals surface area contributed by atoms with Gasteiger partial charge in [-0.1, -0.05) is 12.1 Å². The molecule has 5 heteroatoms. The second-order valence-electron chi connectivity index (χ2n) is 4.84. The van der Waals surface area contributed by atoms with E-state index in [9.17, 15) is 18.7 Å². The molecule has 2 N–H and O–H groups in total. The predicted octanol–water partition coefficient (Wildman–Crippen LogP) is 3.58. The molecule has 0 saturated heterocycles. The van der Waals surface area contributed by atoms with Crippen LogP contribution in [0.3, 0.4) is 0 Å². The lowest BCUT2D eigenvalue weighted by Crippen LogP contribution is -2.14. The molecule has 2 aromatic carbocycles. The first-order valence-corrected chi connectivity index (χ1v) is 6.43. The van der Waals surface area contributed by atoms with Gasteiger partial charge in [0.15, 0.2) is 0 Å². The number of nitrogens with one attached hydrogen (secondary N) is 1. The number of aliphatic hydroxyl groups excluding tert-OH is 1. The Hall–Kier alpha value is -2.27. The zero-order valence-corrected chi connectivity index (χ0v) is 11.7. The van der Waals surface area contributed by atoms with Crippen molar-refractivity contribution in [2.24, 2.45) is 0 Å². The van der Waals surface area contributed by atoms with Crippen molar-refractivity contribution in [2.75, 3.05) is 5.32 Å². The van der Waals surface area contributed by atoms with Crippen LogP contribution in [0.1, 0.15) is 34.5 Å². The molecule has 0 spiro atoms. The number of amides is 1. The van der Waals surface area contributed by atoms with E-state index in [1.165, 1.54) is 13.0 Å². The molecule has 0 heterocycles. The zero-order chi connectivity index (χ0) is 15.6. The molecular formula is C16H15F2NO2. The maximum absolute atomic E-state index is 13.7. The van der Waals surface area contributed by atoms with Crippen molar-refractivity contribution in [2.45, 2.75) is 20.0 Å². The van der Waals surface area contributed by atoms with Gasteiger partial charge in [0.2, 0.25) is 0 Å². The van der Waals surface area contributed by atoms with Crippen LogP contribution in [0.5, 0.6) is 0 Å². The lowest BCUT2D eigenvalue weighted by Gasteiger charge is -2.10. The van der Waals surface area contributed by atoms with Gasteiger partial charge in [0, 0.05) is 11.8 Å². The summed E-state index contributed by atoms with van der Waals surface area (Å²) < 4.78 is 26.8. The Morgan fingerprint density at radius 3 is 2.57 bits per heavy atom. The minimum absolute atomic E-state index is 0.194. The van der Waals surface area contributed by atoms with E-state index in [4.69, 9.17) is 0 Å². The lowest BCUT2D eigenvalue weighted by atomic mass is 10.1. The smallest absolute Gasteiger partial charge is 0.258 e. The average Bonchev–Trinajstić information content (AvgIpc) is 2.43. The van der Waals surface area contributed by atoms with Crippen LogP contribution in [0.4, 0.5) is 14.5 Å². The fraction of sp³-hybridized carbons (Fsp3) is 0.188. The number of benzene rings is 2. The molecule has 0 aromatic heterocycles. The van der Waals surface area contributed by atoms with E-state index in [0.29, 0.717) is 17.3 Å². The van der Waals surface area contributed by atoms with Crippen LogP contribution in [-0.4, -0.2) is 11.0 Å². The minimum Gasteiger partial charge on any atom is -0.389 e. The zero-order valence-electron chi connectivity index (χ0n) is 11.7. The highest BCUT2D eigenvalue weighted by Crippen LogP contribution is 2.19. The number of rotatable bonds is 3. The summed E-state index contributed by atoms with van der Waals surface area (Å²) in [7, 11) is 0. The van der Waals surface area contributed by atoms with E-state index >= 15 is 0 Å². The molecule has 3 nitrogen and oxygen atoms in total. The summed E-state index contributed by atoms with van der Waals surface area (Å²) in [5.41, 5.74) is 1.03. The van der Waals surface area contributed by atoms with E-state index in [1.54, 1.807) is 31.2 Å². The fourth-order valence-electron chi connectivity index (χ4n) is 1.91. The van der Waals surface area contributed by atoms with Crippen LogP contribution < -0.4 is 5.32 Å². The van der Waals surface area contributed by atoms with Crippen molar-refractivity contribution >= 4 is 11.6 Å². The standard InChI is InChI=1S/C16H15F2NO2/c1-9-6-13(15(18)8-14(9)17)16(21)19-12-5-3-4-11(7-12)10(2)20/h3-8,10,20H,1-2H3,(H,19,21). The molecule has 2 aromatic rings. The number of hydrogen-bond acceptors (Lipinski definition) is 2. The third-order valence-electron chi connectivity index (χ3n) is 3.12. The van der Waals surface area contributed by atoms with Gasteiger partial charge in [-0.05, 0) is 43.2 Å². The Labute approximate surface area is 121 Å². The highest BCUT2D eigenvalue weighted by Gasteiger charge is 2.15. The second-order valence-corrected chi connectivity index (χ2v) is 4.84. The molecule has 110 valence electrons. The van der Waals surface area contributed by atoms with Crippen LogP contribution >= 0.6 is 0 Å². The van der Waals surface area contributed by atoms with E-state index in [1.807, 2.05) is 0 Å². The highest BCUT2D eigenvalue weighted by molar-refractivity contribution is 6.04. The summed E-state index contributed by atoms with van der Waals surface area (Å²) in [6.45, 7) is 3.06. The summed E-state index contributed by atoms with van der Waals surface area (Å²) in [6, 6.07) is 8.46. The van der Waals surface area contributed by atoms with Crippen LogP contribution in [0.15, 0.2) is 36.4 Å². The quantitative estimate of drug-likeness (QED) is 0.908. The first-order chi connectivity index (χ1) is 9.88. The van der Waals surface area contributed by atoms with E-state index in [-0.39, 0.29) is 11.1 Å². The van der Waals surface area contributed by atoms with Crippen molar-refractivity contribution in [3.63, 3.8) is 0 Å². The summed E-state index contributed by atoms with van der Waals surface area (Å²) in [4.78, 5) is 12.0. The number of carbonyl (C=O) groups is 1. The van der Waals surface area contributed by atoms with Crippen molar-refractivity contribution in [3.05, 3.63) is 64.7 Å². The average molecular weight is 291 g/mol. The molecule has 1 amide bonds. The molecule has 0 aliphatic carbocycles. The van der Waals surface area contributed by atoms with Gasteiger partial charge in [-0.3, -0.25) is 4.79 Å². The Balaban J connectivity index is 2.26. The normalized spacial score (nSPS) is 12.0. The molecule has 0 fully saturated rings. The first kappa shape index (κ1) is 15.1. The number of hydrogen-bond donors (Lipinski definition) is 2. The van der Waals surface area contributed by atoms with Crippen molar-refractivity contribution < 1.29 is 18.7 Å². The van der Waals surface area contributed by atoms with E-state index in [2.05, 4.69) is 5.32 Å². The van der Waals surface area contributed by atoms with Gasteiger partial charge in [0.05, 0.1) is 11.7 Å². The third-order valence-corrected chi connectivity index (χ3v) is 3.12. The molecule has 0 aliphatic rings. The third kappa shape index (κ3) is 3.44. The molecule has 21 heavy (non-hydrogen) atoms. The Bertz CT molecular complexity index is 684. The van der Waals surface area contributed by atoms with Gasteiger partial charge in [-0.25, -0.2) is 8.78 Å². The van der Waals surface area contributed by atoms with Crippen LogP contribution in [0.25, 0.3) is 0 Å². The Morgan fingerprint density at radius 1 is 1.19 bits per heavy atom. The van der Waals surface area contributed by atoms with Crippen molar-refractivity contribution in [1.29, 1.82) is 0 Å². The van der Waals surface area contributed by atoms with E-state index < -0.39 is 23.6 Å². The van der Waals surface area contributed by atoms with E-state index in [0.717, 1.165) is 0 Å². The predicted molar refractivity (Wildman–Crippen MR) is 76.1 cm³/mol. The highest BCUT2D eigenvalue weighted by atomic mass is 19.1. The van der Waals surface area contributed by atoms with Gasteiger partial charge < -0.3 is 10.4 Å². The van der Waals surface area contributed by atoms with Gasteiger partial charge in [-0.2, -0.15) is 0 Å². The summed E-state index contributed by atoms with van der Waals surface area (Å²) in [5, 5.41) is 12.0. The van der Waals surface area contributed by atoms with Crippen LogP contribution in [-0.2, 0) is 0 Å². The Kier molecular flexibility index (Phi) is 4.33. The maximum Gasteiger partial charge on any atom is 0.258 e. The number of aliphatic hydroxyl groups is 1. The molecule has 0 aliphatic heterocycles. The number of carbonyl (C=O) groups excluding carboxylic acids is 1. The van der Waals surface area contributed by atoms with Gasteiger partial charge >= 0.3 is 0 Å². The molecule has 2 rings (SSSR count). The van der Waals surface area contributed by atoms with Gasteiger partial charge in [-0.15, -0.1) is 0 Å². The molecular weight excluding hydrogens is 276 g/mol. The number of halogens is 2. The molecule has 0 saturated carbocycles. The lowest BCUT2D eigenvalue weighted by molar-refractivity contribution is 0.102. The molecule has 0 bridgehead atoms. The summed E-state index contributed by atoms with van der Waals surface area (Å²) in [6.07, 6.45) is -0.674. The topological polar surface area (TPSA) is 49.3 Å².